The van der Waals surface area contributed by atoms with Crippen molar-refractivity contribution in [2.24, 2.45) is 5.92 Å². The lowest BCUT2D eigenvalue weighted by atomic mass is 9.87. The number of nitrogens with one attached hydrogen (secondary N) is 1. The van der Waals surface area contributed by atoms with Gasteiger partial charge in [0.05, 0.1) is 5.52 Å². The van der Waals surface area contributed by atoms with Crippen LogP contribution in [0.5, 0.6) is 0 Å². The van der Waals surface area contributed by atoms with Crippen molar-refractivity contribution in [1.82, 2.24) is 4.98 Å². The first-order chi connectivity index (χ1) is 10.1. The van der Waals surface area contributed by atoms with Gasteiger partial charge in [-0.25, -0.2) is 9.78 Å². The number of aromatic nitrogens is 1. The van der Waals surface area contributed by atoms with Crippen LogP contribution in [0.4, 0.5) is 5.69 Å². The van der Waals surface area contributed by atoms with Gasteiger partial charge in [0.25, 0.3) is 0 Å². The molecule has 110 valence electrons. The summed E-state index contributed by atoms with van der Waals surface area (Å²) in [4.78, 5) is 15.5. The summed E-state index contributed by atoms with van der Waals surface area (Å²) in [5, 5.41) is 13.8. The van der Waals surface area contributed by atoms with E-state index in [1.54, 1.807) is 6.07 Å². The molecule has 1 fully saturated rings. The maximum Gasteiger partial charge on any atom is 0.354 e. The van der Waals surface area contributed by atoms with Crippen LogP contribution in [0.25, 0.3) is 10.9 Å². The molecule has 1 aromatic heterocycles. The number of hydrogen-bond donors (Lipinski definition) is 2. The van der Waals surface area contributed by atoms with E-state index in [1.807, 2.05) is 24.3 Å². The highest BCUT2D eigenvalue weighted by Gasteiger charge is 2.20. The highest BCUT2D eigenvalue weighted by molar-refractivity contribution is 5.97. The zero-order valence-corrected chi connectivity index (χ0v) is 12.2. The molecule has 1 aliphatic rings. The molecule has 0 spiro atoms. The molecule has 0 saturated heterocycles. The fraction of sp³-hybridized carbons (Fsp3) is 0.412. The minimum absolute atomic E-state index is 0.0973. The van der Waals surface area contributed by atoms with Crippen molar-refractivity contribution in [3.05, 3.63) is 36.0 Å². The predicted molar refractivity (Wildman–Crippen MR) is 83.7 cm³/mol. The predicted octanol–water partition coefficient (Wildman–Crippen LogP) is 3.92. The van der Waals surface area contributed by atoms with E-state index < -0.39 is 5.97 Å². The van der Waals surface area contributed by atoms with E-state index in [0.717, 1.165) is 35.3 Å². The Morgan fingerprint density at radius 1 is 1.33 bits per heavy atom. The molecule has 0 amide bonds. The van der Waals surface area contributed by atoms with E-state index >= 15 is 0 Å². The SMILES string of the molecule is CC1CCCC(Nc2cc(C(=O)O)nc3ccccc23)C1. The third-order valence-electron chi connectivity index (χ3n) is 4.23. The first kappa shape index (κ1) is 13.9. The first-order valence-electron chi connectivity index (χ1n) is 7.53. The lowest BCUT2D eigenvalue weighted by Gasteiger charge is -2.28. The van der Waals surface area contributed by atoms with Crippen LogP contribution in [-0.2, 0) is 0 Å². The smallest absolute Gasteiger partial charge is 0.354 e. The topological polar surface area (TPSA) is 62.2 Å². The third-order valence-corrected chi connectivity index (χ3v) is 4.23. The van der Waals surface area contributed by atoms with Crippen LogP contribution in [-0.4, -0.2) is 22.1 Å². The van der Waals surface area contributed by atoms with Gasteiger partial charge in [-0.05, 0) is 30.9 Å². The zero-order chi connectivity index (χ0) is 14.8. The average molecular weight is 284 g/mol. The van der Waals surface area contributed by atoms with E-state index in [1.165, 1.54) is 12.8 Å². The summed E-state index contributed by atoms with van der Waals surface area (Å²) in [6.45, 7) is 2.28. The summed E-state index contributed by atoms with van der Waals surface area (Å²) < 4.78 is 0. The molecule has 21 heavy (non-hydrogen) atoms. The number of fused-ring (bicyclic) bond motifs is 1. The second-order valence-corrected chi connectivity index (χ2v) is 5.99. The summed E-state index contributed by atoms with van der Waals surface area (Å²) in [6, 6.07) is 9.76. The number of carboxylic acids is 1. The summed E-state index contributed by atoms with van der Waals surface area (Å²) >= 11 is 0. The number of rotatable bonds is 3. The summed E-state index contributed by atoms with van der Waals surface area (Å²) in [6.07, 6.45) is 4.80. The molecule has 2 unspecified atom stereocenters. The van der Waals surface area contributed by atoms with E-state index in [2.05, 4.69) is 17.2 Å². The van der Waals surface area contributed by atoms with Crippen molar-refractivity contribution in [3.63, 3.8) is 0 Å². The van der Waals surface area contributed by atoms with Crippen molar-refractivity contribution in [1.29, 1.82) is 0 Å². The molecule has 4 nitrogen and oxygen atoms in total. The van der Waals surface area contributed by atoms with Gasteiger partial charge in [-0.3, -0.25) is 0 Å². The van der Waals surface area contributed by atoms with Gasteiger partial charge >= 0.3 is 5.97 Å². The van der Waals surface area contributed by atoms with Crippen molar-refractivity contribution in [2.45, 2.75) is 38.6 Å². The fourth-order valence-electron chi connectivity index (χ4n) is 3.19. The summed E-state index contributed by atoms with van der Waals surface area (Å²) in [7, 11) is 0. The molecular weight excluding hydrogens is 264 g/mol. The van der Waals surface area contributed by atoms with Crippen LogP contribution in [0.2, 0.25) is 0 Å². The average Bonchev–Trinajstić information content (AvgIpc) is 2.47. The number of pyridine rings is 1. The van der Waals surface area contributed by atoms with E-state index in [0.29, 0.717) is 6.04 Å². The highest BCUT2D eigenvalue weighted by Crippen LogP contribution is 2.29. The van der Waals surface area contributed by atoms with Crippen LogP contribution in [0, 0.1) is 5.92 Å². The molecule has 2 N–H and O–H groups in total. The normalized spacial score (nSPS) is 22.1. The van der Waals surface area contributed by atoms with Gasteiger partial charge in [0.15, 0.2) is 5.69 Å². The Morgan fingerprint density at radius 2 is 2.14 bits per heavy atom. The number of carboxylic acid groups (broad SMARTS) is 1. The van der Waals surface area contributed by atoms with Crippen LogP contribution in [0.3, 0.4) is 0 Å². The zero-order valence-electron chi connectivity index (χ0n) is 12.2. The van der Waals surface area contributed by atoms with Crippen LogP contribution in [0.15, 0.2) is 30.3 Å². The fourth-order valence-corrected chi connectivity index (χ4v) is 3.19. The minimum atomic E-state index is -0.985. The number of carbonyl (C=O) groups is 1. The van der Waals surface area contributed by atoms with E-state index in [-0.39, 0.29) is 5.69 Å². The van der Waals surface area contributed by atoms with Crippen molar-refractivity contribution >= 4 is 22.6 Å². The molecule has 2 atom stereocenters. The number of nitrogens with zero attached hydrogens (tertiary/aromatic N) is 1. The van der Waals surface area contributed by atoms with Gasteiger partial charge in [0, 0.05) is 17.1 Å². The van der Waals surface area contributed by atoms with Gasteiger partial charge < -0.3 is 10.4 Å². The van der Waals surface area contributed by atoms with Crippen molar-refractivity contribution in [2.75, 3.05) is 5.32 Å². The molecule has 0 bridgehead atoms. The Bertz CT molecular complexity index is 669. The first-order valence-corrected chi connectivity index (χ1v) is 7.53. The van der Waals surface area contributed by atoms with Gasteiger partial charge in [0.1, 0.15) is 0 Å². The highest BCUT2D eigenvalue weighted by atomic mass is 16.4. The molecule has 0 radical (unpaired) electrons. The molecule has 1 aromatic carbocycles. The van der Waals surface area contributed by atoms with Gasteiger partial charge in [-0.15, -0.1) is 0 Å². The summed E-state index contributed by atoms with van der Waals surface area (Å²) in [5.41, 5.74) is 1.71. The van der Waals surface area contributed by atoms with Crippen molar-refractivity contribution < 1.29 is 9.90 Å². The van der Waals surface area contributed by atoms with Crippen LogP contribution < -0.4 is 5.32 Å². The van der Waals surface area contributed by atoms with Crippen LogP contribution >= 0.6 is 0 Å². The number of anilines is 1. The van der Waals surface area contributed by atoms with Gasteiger partial charge in [-0.1, -0.05) is 38.0 Å². The summed E-state index contributed by atoms with van der Waals surface area (Å²) in [5.74, 6) is -0.260. The standard InChI is InChI=1S/C17H20N2O2/c1-11-5-4-6-12(9-11)18-15-10-16(17(20)21)19-14-8-3-2-7-13(14)15/h2-3,7-8,10-12H,4-6,9H2,1H3,(H,18,19)(H,20,21). The molecule has 1 heterocycles. The Morgan fingerprint density at radius 3 is 2.90 bits per heavy atom. The van der Waals surface area contributed by atoms with E-state index in [9.17, 15) is 9.90 Å². The molecular formula is C17H20N2O2. The Balaban J connectivity index is 1.97. The molecule has 2 aromatic rings. The number of para-hydroxylation sites is 1. The molecule has 1 saturated carbocycles. The van der Waals surface area contributed by atoms with E-state index in [4.69, 9.17) is 0 Å². The Labute approximate surface area is 124 Å². The Hall–Kier alpha value is -2.10. The van der Waals surface area contributed by atoms with Gasteiger partial charge in [-0.2, -0.15) is 0 Å². The second kappa shape index (κ2) is 5.72. The van der Waals surface area contributed by atoms with Crippen molar-refractivity contribution in [3.8, 4) is 0 Å². The Kier molecular flexibility index (Phi) is 3.78. The number of hydrogen-bond acceptors (Lipinski definition) is 3. The maximum atomic E-state index is 11.3. The third kappa shape index (κ3) is 2.99. The molecule has 4 heteroatoms. The maximum absolute atomic E-state index is 11.3. The lowest BCUT2D eigenvalue weighted by molar-refractivity contribution is 0.0691. The quantitative estimate of drug-likeness (QED) is 0.896. The number of benzene rings is 1. The lowest BCUT2D eigenvalue weighted by Crippen LogP contribution is -2.26. The minimum Gasteiger partial charge on any atom is -0.477 e. The van der Waals surface area contributed by atoms with Crippen LogP contribution in [0.1, 0.15) is 43.1 Å². The number of aromatic carboxylic acids is 1. The molecule has 1 aliphatic carbocycles. The largest absolute Gasteiger partial charge is 0.477 e. The molecule has 0 aliphatic heterocycles. The molecule has 3 rings (SSSR count). The monoisotopic (exact) mass is 284 g/mol. The van der Waals surface area contributed by atoms with Gasteiger partial charge in [0.2, 0.25) is 0 Å². The second-order valence-electron chi connectivity index (χ2n) is 5.99.